The summed E-state index contributed by atoms with van der Waals surface area (Å²) in [5.41, 5.74) is 2.37. The minimum Gasteiger partial charge on any atom is -0.288 e. The van der Waals surface area contributed by atoms with Gasteiger partial charge >= 0.3 is 0 Å². The molecule has 0 atom stereocenters. The molecule has 0 aliphatic heterocycles. The van der Waals surface area contributed by atoms with Crippen LogP contribution in [0.2, 0.25) is 0 Å². The van der Waals surface area contributed by atoms with Gasteiger partial charge in [-0.3, -0.25) is 4.99 Å². The summed E-state index contributed by atoms with van der Waals surface area (Å²) < 4.78 is 0. The molecule has 0 aliphatic carbocycles. The molecule has 0 heterocycles. The van der Waals surface area contributed by atoms with Gasteiger partial charge in [-0.25, -0.2) is 0 Å². The van der Waals surface area contributed by atoms with Crippen molar-refractivity contribution in [2.45, 2.75) is 13.8 Å². The molecule has 0 saturated heterocycles. The van der Waals surface area contributed by atoms with Crippen molar-refractivity contribution < 1.29 is 0 Å². The molecular formula is C20H22NP. The Labute approximate surface area is 134 Å². The smallest absolute Gasteiger partial charge is 0.0665 e. The van der Waals surface area contributed by atoms with Gasteiger partial charge in [0, 0.05) is 15.0 Å². The zero-order valence-electron chi connectivity index (χ0n) is 13.4. The Balaban J connectivity index is 2.51. The molecule has 0 unspecified atom stereocenters. The Morgan fingerprint density at radius 2 is 1.41 bits per heavy atom. The van der Waals surface area contributed by atoms with Gasteiger partial charge in [0.25, 0.3) is 0 Å². The van der Waals surface area contributed by atoms with E-state index in [1.165, 1.54) is 16.2 Å². The molecule has 2 heteroatoms. The van der Waals surface area contributed by atoms with E-state index in [1.807, 2.05) is 14.0 Å². The fraction of sp³-hybridized carbons (Fsp3) is 0.150. The normalized spacial score (nSPS) is 13.1. The molecule has 2 aromatic carbocycles. The summed E-state index contributed by atoms with van der Waals surface area (Å²) in [5, 5.41) is 2.66. The standard InChI is InChI=1S/C20H22NP/c1-4-11-17(2)16-20(21-3)22(18-12-7-5-8-13-18)19-14-9-6-10-15-19/h4-16H,1-3H3/b11-4-,17-16-,21-20-. The summed E-state index contributed by atoms with van der Waals surface area (Å²) in [6.45, 7) is 4.16. The van der Waals surface area contributed by atoms with E-state index in [-0.39, 0.29) is 0 Å². The molecule has 112 valence electrons. The fourth-order valence-corrected chi connectivity index (χ4v) is 4.61. The number of aliphatic imine (C=N–C) groups is 1. The van der Waals surface area contributed by atoms with Crippen LogP contribution in [0, 0.1) is 0 Å². The minimum atomic E-state index is -0.618. The van der Waals surface area contributed by atoms with E-state index in [4.69, 9.17) is 0 Å². The van der Waals surface area contributed by atoms with Crippen LogP contribution in [0.15, 0.2) is 89.5 Å². The second-order valence-corrected chi connectivity index (χ2v) is 7.14. The molecule has 2 rings (SSSR count). The maximum atomic E-state index is 4.60. The highest BCUT2D eigenvalue weighted by molar-refractivity contribution is 7.88. The molecule has 0 aliphatic rings. The van der Waals surface area contributed by atoms with E-state index in [0.29, 0.717) is 0 Å². The van der Waals surface area contributed by atoms with Crippen molar-refractivity contribution >= 4 is 24.0 Å². The molecule has 0 fully saturated rings. The van der Waals surface area contributed by atoms with Gasteiger partial charge in [0.05, 0.1) is 5.45 Å². The number of nitrogens with zero attached hydrogens (tertiary/aromatic N) is 1. The first-order valence-corrected chi connectivity index (χ1v) is 8.78. The van der Waals surface area contributed by atoms with Gasteiger partial charge in [-0.15, -0.1) is 0 Å². The molecule has 1 nitrogen and oxygen atoms in total. The predicted molar refractivity (Wildman–Crippen MR) is 101 cm³/mol. The zero-order chi connectivity index (χ0) is 15.8. The molecule has 0 radical (unpaired) electrons. The van der Waals surface area contributed by atoms with Crippen LogP contribution in [0.3, 0.4) is 0 Å². The van der Waals surface area contributed by atoms with Crippen LogP contribution in [0.4, 0.5) is 0 Å². The van der Waals surface area contributed by atoms with Gasteiger partial charge < -0.3 is 0 Å². The Kier molecular flexibility index (Phi) is 6.30. The van der Waals surface area contributed by atoms with Gasteiger partial charge in [-0.1, -0.05) is 72.8 Å². The van der Waals surface area contributed by atoms with Gasteiger partial charge in [-0.2, -0.15) is 0 Å². The van der Waals surface area contributed by atoms with Crippen LogP contribution in [0.25, 0.3) is 0 Å². The van der Waals surface area contributed by atoms with Crippen molar-refractivity contribution in [1.82, 2.24) is 0 Å². The summed E-state index contributed by atoms with van der Waals surface area (Å²) >= 11 is 0. The van der Waals surface area contributed by atoms with Crippen molar-refractivity contribution in [1.29, 1.82) is 0 Å². The van der Waals surface area contributed by atoms with Crippen molar-refractivity contribution in [3.63, 3.8) is 0 Å². The minimum absolute atomic E-state index is 0.618. The van der Waals surface area contributed by atoms with E-state index in [9.17, 15) is 0 Å². The van der Waals surface area contributed by atoms with E-state index in [2.05, 4.69) is 90.8 Å². The third kappa shape index (κ3) is 4.26. The summed E-state index contributed by atoms with van der Waals surface area (Å²) in [6.07, 6.45) is 6.38. The molecular weight excluding hydrogens is 285 g/mol. The number of hydrogen-bond donors (Lipinski definition) is 0. The molecule has 22 heavy (non-hydrogen) atoms. The van der Waals surface area contributed by atoms with Crippen LogP contribution in [0.5, 0.6) is 0 Å². The number of allylic oxidation sites excluding steroid dienone is 4. The molecule has 0 saturated carbocycles. The zero-order valence-corrected chi connectivity index (χ0v) is 14.3. The first-order chi connectivity index (χ1) is 10.8. The highest BCUT2D eigenvalue weighted by Crippen LogP contribution is 2.36. The molecule has 0 N–H and O–H groups in total. The first-order valence-electron chi connectivity index (χ1n) is 7.44. The lowest BCUT2D eigenvalue weighted by Gasteiger charge is -2.19. The van der Waals surface area contributed by atoms with E-state index >= 15 is 0 Å². The number of benzene rings is 2. The number of rotatable bonds is 5. The van der Waals surface area contributed by atoms with Gasteiger partial charge in [0.15, 0.2) is 0 Å². The Morgan fingerprint density at radius 3 is 1.82 bits per heavy atom. The van der Waals surface area contributed by atoms with E-state index < -0.39 is 7.92 Å². The summed E-state index contributed by atoms with van der Waals surface area (Å²) in [4.78, 5) is 4.60. The van der Waals surface area contributed by atoms with Crippen LogP contribution >= 0.6 is 7.92 Å². The van der Waals surface area contributed by atoms with Crippen LogP contribution in [-0.4, -0.2) is 12.5 Å². The summed E-state index contributed by atoms with van der Waals surface area (Å²) in [7, 11) is 1.27. The number of hydrogen-bond acceptors (Lipinski definition) is 1. The highest BCUT2D eigenvalue weighted by Gasteiger charge is 2.18. The molecule has 0 bridgehead atoms. The topological polar surface area (TPSA) is 12.4 Å². The van der Waals surface area contributed by atoms with E-state index in [0.717, 1.165) is 5.45 Å². The fourth-order valence-electron chi connectivity index (χ4n) is 2.31. The highest BCUT2D eigenvalue weighted by atomic mass is 31.1. The van der Waals surface area contributed by atoms with Gasteiger partial charge in [-0.05, 0) is 36.1 Å². The first kappa shape index (κ1) is 16.4. The average Bonchev–Trinajstić information content (AvgIpc) is 2.56. The summed E-state index contributed by atoms with van der Waals surface area (Å²) in [5.74, 6) is 0. The van der Waals surface area contributed by atoms with E-state index in [1.54, 1.807) is 0 Å². The quantitative estimate of drug-likeness (QED) is 0.432. The monoisotopic (exact) mass is 307 g/mol. The summed E-state index contributed by atoms with van der Waals surface area (Å²) in [6, 6.07) is 21.3. The average molecular weight is 307 g/mol. The molecule has 0 aromatic heterocycles. The van der Waals surface area contributed by atoms with Crippen LogP contribution in [-0.2, 0) is 0 Å². The lowest BCUT2D eigenvalue weighted by molar-refractivity contribution is 1.45. The molecule has 2 aromatic rings. The van der Waals surface area contributed by atoms with Gasteiger partial charge in [0.2, 0.25) is 0 Å². The second-order valence-electron chi connectivity index (χ2n) is 4.98. The Hall–Kier alpha value is -1.98. The third-order valence-electron chi connectivity index (χ3n) is 3.27. The van der Waals surface area contributed by atoms with Crippen LogP contribution in [0.1, 0.15) is 13.8 Å². The van der Waals surface area contributed by atoms with Crippen molar-refractivity contribution in [3.8, 4) is 0 Å². The van der Waals surface area contributed by atoms with Crippen LogP contribution < -0.4 is 10.6 Å². The Bertz CT molecular complexity index is 630. The van der Waals surface area contributed by atoms with Crippen molar-refractivity contribution in [3.05, 3.63) is 84.5 Å². The maximum Gasteiger partial charge on any atom is 0.0665 e. The Morgan fingerprint density at radius 1 is 0.909 bits per heavy atom. The molecule has 0 spiro atoms. The largest absolute Gasteiger partial charge is 0.288 e. The predicted octanol–water partition coefficient (Wildman–Crippen LogP) is 4.67. The van der Waals surface area contributed by atoms with Crippen molar-refractivity contribution in [2.75, 3.05) is 7.05 Å². The molecule has 0 amide bonds. The van der Waals surface area contributed by atoms with Crippen molar-refractivity contribution in [2.24, 2.45) is 4.99 Å². The third-order valence-corrected chi connectivity index (χ3v) is 5.69. The maximum absolute atomic E-state index is 4.60. The lowest BCUT2D eigenvalue weighted by atomic mass is 10.3. The second kappa shape index (κ2) is 8.46. The SMILES string of the molecule is C\C=C/C(C)=C\C(=N\C)P(c1ccccc1)c1ccccc1. The van der Waals surface area contributed by atoms with Gasteiger partial charge in [0.1, 0.15) is 0 Å². The lowest BCUT2D eigenvalue weighted by Crippen LogP contribution is -2.17.